The van der Waals surface area contributed by atoms with Crippen molar-refractivity contribution in [1.29, 1.82) is 0 Å². The van der Waals surface area contributed by atoms with Crippen LogP contribution in [-0.2, 0) is 9.53 Å². The van der Waals surface area contributed by atoms with Gasteiger partial charge in [0.1, 0.15) is 11.6 Å². The summed E-state index contributed by atoms with van der Waals surface area (Å²) in [4.78, 5) is 11.4. The number of ether oxygens (including phenoxy) is 1. The molecular formula is C9H17NO2. The number of carbonyl (C=O) groups excluding carboxylic acids is 1. The fraction of sp³-hybridized carbons (Fsp3) is 0.889. The first-order valence-corrected chi connectivity index (χ1v) is 4.23. The fourth-order valence-corrected chi connectivity index (χ4v) is 1.04. The molecule has 1 heterocycles. The van der Waals surface area contributed by atoms with Crippen LogP contribution in [0.4, 0.5) is 0 Å². The Bertz CT molecular complexity index is 203. The van der Waals surface area contributed by atoms with E-state index in [-0.39, 0.29) is 23.2 Å². The molecule has 1 unspecified atom stereocenters. The fourth-order valence-electron chi connectivity index (χ4n) is 1.04. The van der Waals surface area contributed by atoms with Crippen molar-refractivity contribution < 1.29 is 9.53 Å². The molecule has 0 aliphatic carbocycles. The van der Waals surface area contributed by atoms with E-state index in [1.807, 2.05) is 34.6 Å². The quantitative estimate of drug-likeness (QED) is 0.474. The van der Waals surface area contributed by atoms with E-state index in [0.29, 0.717) is 0 Å². The van der Waals surface area contributed by atoms with Crippen LogP contribution in [0, 0.1) is 0 Å². The van der Waals surface area contributed by atoms with Gasteiger partial charge >= 0.3 is 5.97 Å². The molecule has 1 aliphatic heterocycles. The van der Waals surface area contributed by atoms with Gasteiger partial charge in [-0.05, 0) is 34.6 Å². The number of rotatable bonds is 1. The lowest BCUT2D eigenvalue weighted by molar-refractivity contribution is -0.154. The van der Waals surface area contributed by atoms with Crippen LogP contribution in [0.1, 0.15) is 34.6 Å². The first-order valence-electron chi connectivity index (χ1n) is 4.23. The van der Waals surface area contributed by atoms with Gasteiger partial charge in [0, 0.05) is 5.54 Å². The molecular weight excluding hydrogens is 154 g/mol. The van der Waals surface area contributed by atoms with Crippen molar-refractivity contribution in [3.8, 4) is 0 Å². The molecule has 1 atom stereocenters. The standard InChI is InChI=1S/C9H17NO2/c1-8(2,3)12-7(11)6-9(4,5)10-6/h6,10H,1-5H3. The lowest BCUT2D eigenvalue weighted by Crippen LogP contribution is -2.29. The molecule has 3 heteroatoms. The molecule has 0 aromatic carbocycles. The Labute approximate surface area is 73.5 Å². The molecule has 0 spiro atoms. The van der Waals surface area contributed by atoms with Gasteiger partial charge in [0.05, 0.1) is 0 Å². The molecule has 0 radical (unpaired) electrons. The molecule has 0 aromatic rings. The first kappa shape index (κ1) is 9.52. The second-order valence-corrected chi connectivity index (χ2v) is 4.83. The largest absolute Gasteiger partial charge is 0.459 e. The molecule has 1 aliphatic rings. The van der Waals surface area contributed by atoms with Gasteiger partial charge in [0.15, 0.2) is 0 Å². The zero-order valence-electron chi connectivity index (χ0n) is 8.39. The molecule has 12 heavy (non-hydrogen) atoms. The van der Waals surface area contributed by atoms with Crippen molar-refractivity contribution >= 4 is 5.97 Å². The Balaban J connectivity index is 2.42. The van der Waals surface area contributed by atoms with Gasteiger partial charge in [-0.2, -0.15) is 0 Å². The van der Waals surface area contributed by atoms with Crippen molar-refractivity contribution in [1.82, 2.24) is 5.32 Å². The van der Waals surface area contributed by atoms with Crippen molar-refractivity contribution in [3.63, 3.8) is 0 Å². The summed E-state index contributed by atoms with van der Waals surface area (Å²) in [6.07, 6.45) is 0. The molecule has 1 N–H and O–H groups in total. The van der Waals surface area contributed by atoms with Crippen LogP contribution in [0.15, 0.2) is 0 Å². The summed E-state index contributed by atoms with van der Waals surface area (Å²) in [5.74, 6) is -0.146. The summed E-state index contributed by atoms with van der Waals surface area (Å²) in [6, 6.07) is -0.114. The maximum absolute atomic E-state index is 11.4. The minimum Gasteiger partial charge on any atom is -0.459 e. The van der Waals surface area contributed by atoms with E-state index in [4.69, 9.17) is 4.74 Å². The van der Waals surface area contributed by atoms with Crippen LogP contribution in [-0.4, -0.2) is 23.2 Å². The first-order chi connectivity index (χ1) is 5.22. The van der Waals surface area contributed by atoms with Gasteiger partial charge in [-0.3, -0.25) is 10.1 Å². The van der Waals surface area contributed by atoms with Crippen LogP contribution < -0.4 is 5.32 Å². The molecule has 0 saturated carbocycles. The summed E-state index contributed by atoms with van der Waals surface area (Å²) in [7, 11) is 0. The van der Waals surface area contributed by atoms with Crippen molar-refractivity contribution in [2.45, 2.75) is 51.8 Å². The summed E-state index contributed by atoms with van der Waals surface area (Å²) in [5.41, 5.74) is -0.445. The highest BCUT2D eigenvalue weighted by Gasteiger charge is 2.51. The zero-order chi connectivity index (χ0) is 9.57. The molecule has 0 aromatic heterocycles. The predicted molar refractivity (Wildman–Crippen MR) is 46.8 cm³/mol. The van der Waals surface area contributed by atoms with Gasteiger partial charge in [-0.25, -0.2) is 0 Å². The molecule has 1 rings (SSSR count). The van der Waals surface area contributed by atoms with E-state index in [1.54, 1.807) is 0 Å². The van der Waals surface area contributed by atoms with Crippen molar-refractivity contribution in [3.05, 3.63) is 0 Å². The van der Waals surface area contributed by atoms with Crippen LogP contribution >= 0.6 is 0 Å². The lowest BCUT2D eigenvalue weighted by atomic mass is 10.1. The third-order valence-corrected chi connectivity index (χ3v) is 1.80. The average molecular weight is 171 g/mol. The summed E-state index contributed by atoms with van der Waals surface area (Å²) in [5, 5.41) is 3.06. The summed E-state index contributed by atoms with van der Waals surface area (Å²) < 4.78 is 5.20. The lowest BCUT2D eigenvalue weighted by Gasteiger charge is -2.19. The molecule has 0 bridgehead atoms. The second-order valence-electron chi connectivity index (χ2n) is 4.83. The number of esters is 1. The monoisotopic (exact) mass is 171 g/mol. The zero-order valence-corrected chi connectivity index (χ0v) is 8.39. The molecule has 3 nitrogen and oxygen atoms in total. The minimum absolute atomic E-state index is 0.0671. The predicted octanol–water partition coefficient (Wildman–Crippen LogP) is 1.08. The maximum Gasteiger partial charge on any atom is 0.325 e. The summed E-state index contributed by atoms with van der Waals surface area (Å²) in [6.45, 7) is 9.60. The van der Waals surface area contributed by atoms with Crippen molar-refractivity contribution in [2.24, 2.45) is 0 Å². The topological polar surface area (TPSA) is 48.2 Å². The van der Waals surface area contributed by atoms with E-state index in [0.717, 1.165) is 0 Å². The number of hydrogen-bond donors (Lipinski definition) is 1. The van der Waals surface area contributed by atoms with Gasteiger partial charge in [-0.15, -0.1) is 0 Å². The van der Waals surface area contributed by atoms with Crippen LogP contribution in [0.25, 0.3) is 0 Å². The van der Waals surface area contributed by atoms with Gasteiger partial charge in [0.25, 0.3) is 0 Å². The Morgan fingerprint density at radius 2 is 1.83 bits per heavy atom. The number of hydrogen-bond acceptors (Lipinski definition) is 3. The maximum atomic E-state index is 11.4. The highest BCUT2D eigenvalue weighted by Crippen LogP contribution is 2.27. The Morgan fingerprint density at radius 1 is 1.42 bits per heavy atom. The number of nitrogens with one attached hydrogen (secondary N) is 1. The molecule has 1 fully saturated rings. The van der Waals surface area contributed by atoms with Gasteiger partial charge in [0.2, 0.25) is 0 Å². The van der Waals surface area contributed by atoms with Crippen LogP contribution in [0.3, 0.4) is 0 Å². The third kappa shape index (κ3) is 2.21. The minimum atomic E-state index is -0.378. The second kappa shape index (κ2) is 2.46. The normalized spacial score (nSPS) is 26.6. The molecule has 1 saturated heterocycles. The Hall–Kier alpha value is -0.570. The Morgan fingerprint density at radius 3 is 2.08 bits per heavy atom. The highest BCUT2D eigenvalue weighted by molar-refractivity contribution is 5.81. The van der Waals surface area contributed by atoms with Gasteiger partial charge < -0.3 is 4.74 Å². The van der Waals surface area contributed by atoms with Crippen LogP contribution in [0.5, 0.6) is 0 Å². The van der Waals surface area contributed by atoms with E-state index in [1.165, 1.54) is 0 Å². The van der Waals surface area contributed by atoms with Crippen molar-refractivity contribution in [2.75, 3.05) is 0 Å². The van der Waals surface area contributed by atoms with Gasteiger partial charge in [-0.1, -0.05) is 0 Å². The SMILES string of the molecule is CC(C)(C)OC(=O)C1NC1(C)C. The van der Waals surface area contributed by atoms with Crippen LogP contribution in [0.2, 0.25) is 0 Å². The average Bonchev–Trinajstić information content (AvgIpc) is 2.35. The Kier molecular flexibility index (Phi) is 1.95. The molecule has 70 valence electrons. The van der Waals surface area contributed by atoms with E-state index < -0.39 is 0 Å². The van der Waals surface area contributed by atoms with E-state index in [2.05, 4.69) is 5.32 Å². The molecule has 0 amide bonds. The van der Waals surface area contributed by atoms with E-state index in [9.17, 15) is 4.79 Å². The van der Waals surface area contributed by atoms with E-state index >= 15 is 0 Å². The summed E-state index contributed by atoms with van der Waals surface area (Å²) >= 11 is 0. The number of carbonyl (C=O) groups is 1. The highest BCUT2D eigenvalue weighted by atomic mass is 16.6. The third-order valence-electron chi connectivity index (χ3n) is 1.80. The smallest absolute Gasteiger partial charge is 0.325 e.